The molecule has 1 aromatic carbocycles. The van der Waals surface area contributed by atoms with E-state index < -0.39 is 0 Å². The average Bonchev–Trinajstić information content (AvgIpc) is 2.95. The van der Waals surface area contributed by atoms with Gasteiger partial charge in [-0.1, -0.05) is 50.7 Å². The maximum absolute atomic E-state index is 12.0. The molecule has 21 heavy (non-hydrogen) atoms. The summed E-state index contributed by atoms with van der Waals surface area (Å²) >= 11 is 1.25. The van der Waals surface area contributed by atoms with Gasteiger partial charge in [-0.3, -0.25) is 4.79 Å². The second kappa shape index (κ2) is 7.26. The Bertz CT molecular complexity index is 610. The quantitative estimate of drug-likeness (QED) is 0.827. The summed E-state index contributed by atoms with van der Waals surface area (Å²) in [6.45, 7) is 6.03. The summed E-state index contributed by atoms with van der Waals surface area (Å²) in [7, 11) is 0. The Kier molecular flexibility index (Phi) is 5.38. The number of thioether (sulfide) groups is 1. The Morgan fingerprint density at radius 2 is 2.10 bits per heavy atom. The second-order valence-corrected chi connectivity index (χ2v) is 5.84. The summed E-state index contributed by atoms with van der Waals surface area (Å²) in [4.78, 5) is 12.0. The fourth-order valence-electron chi connectivity index (χ4n) is 1.78. The highest BCUT2D eigenvalue weighted by molar-refractivity contribution is 7.99. The maximum atomic E-state index is 12.0. The maximum Gasteiger partial charge on any atom is 0.277 e. The van der Waals surface area contributed by atoms with E-state index in [1.165, 1.54) is 11.8 Å². The van der Waals surface area contributed by atoms with Crippen LogP contribution in [-0.2, 0) is 11.2 Å². The molecule has 0 spiro atoms. The van der Waals surface area contributed by atoms with E-state index in [0.717, 1.165) is 17.7 Å². The van der Waals surface area contributed by atoms with Crippen LogP contribution in [-0.4, -0.2) is 21.9 Å². The van der Waals surface area contributed by atoms with Crippen molar-refractivity contribution in [2.75, 3.05) is 11.1 Å². The van der Waals surface area contributed by atoms with Crippen molar-refractivity contribution in [3.8, 4) is 0 Å². The zero-order valence-corrected chi connectivity index (χ0v) is 13.2. The lowest BCUT2D eigenvalue weighted by Crippen LogP contribution is -2.15. The predicted octanol–water partition coefficient (Wildman–Crippen LogP) is 3.49. The third kappa shape index (κ3) is 4.32. The van der Waals surface area contributed by atoms with Gasteiger partial charge in [0, 0.05) is 11.6 Å². The molecule has 6 heteroatoms. The lowest BCUT2D eigenvalue weighted by Gasteiger charge is -2.08. The van der Waals surface area contributed by atoms with Gasteiger partial charge in [0.2, 0.25) is 11.8 Å². The highest BCUT2D eigenvalue weighted by Crippen LogP contribution is 2.21. The molecule has 1 aromatic heterocycles. The van der Waals surface area contributed by atoms with Crippen LogP contribution in [0.3, 0.4) is 0 Å². The largest absolute Gasteiger partial charge is 0.416 e. The number of benzene rings is 1. The number of aryl methyl sites for hydroxylation is 1. The van der Waals surface area contributed by atoms with Crippen molar-refractivity contribution in [3.05, 3.63) is 35.7 Å². The van der Waals surface area contributed by atoms with E-state index in [1.807, 2.05) is 38.1 Å². The Morgan fingerprint density at radius 1 is 1.33 bits per heavy atom. The van der Waals surface area contributed by atoms with E-state index in [1.54, 1.807) is 0 Å². The number of hydrogen-bond donors (Lipinski definition) is 1. The summed E-state index contributed by atoms with van der Waals surface area (Å²) in [5, 5.41) is 11.2. The molecule has 1 heterocycles. The number of hydrogen-bond acceptors (Lipinski definition) is 5. The zero-order valence-electron chi connectivity index (χ0n) is 12.4. The molecule has 0 saturated carbocycles. The van der Waals surface area contributed by atoms with Gasteiger partial charge in [0.25, 0.3) is 5.22 Å². The number of carbonyl (C=O) groups is 1. The molecule has 2 rings (SSSR count). The molecule has 0 radical (unpaired) electrons. The van der Waals surface area contributed by atoms with Gasteiger partial charge in [-0.05, 0) is 18.1 Å². The van der Waals surface area contributed by atoms with E-state index in [-0.39, 0.29) is 17.6 Å². The standard InChI is InChI=1S/C15H19N3O2S/c1-4-11-7-5-6-8-12(11)16-13(19)9-21-15-18-17-14(20-15)10(2)3/h5-8,10H,4,9H2,1-3H3,(H,16,19). The SMILES string of the molecule is CCc1ccccc1NC(=O)CSc1nnc(C(C)C)o1. The van der Waals surface area contributed by atoms with Crippen LogP contribution in [0.4, 0.5) is 5.69 Å². The van der Waals surface area contributed by atoms with E-state index in [0.29, 0.717) is 11.1 Å². The molecule has 0 atom stereocenters. The number of anilines is 1. The first-order chi connectivity index (χ1) is 10.1. The molecule has 5 nitrogen and oxygen atoms in total. The number of para-hydroxylation sites is 1. The van der Waals surface area contributed by atoms with Crippen LogP contribution in [0.5, 0.6) is 0 Å². The molecule has 0 bridgehead atoms. The van der Waals surface area contributed by atoms with Gasteiger partial charge in [-0.25, -0.2) is 0 Å². The first-order valence-electron chi connectivity index (χ1n) is 6.94. The normalized spacial score (nSPS) is 10.9. The third-order valence-electron chi connectivity index (χ3n) is 2.92. The van der Waals surface area contributed by atoms with Crippen LogP contribution in [0, 0.1) is 0 Å². The van der Waals surface area contributed by atoms with Crippen molar-refractivity contribution in [2.24, 2.45) is 0 Å². The van der Waals surface area contributed by atoms with Gasteiger partial charge in [0.15, 0.2) is 0 Å². The summed E-state index contributed by atoms with van der Waals surface area (Å²) in [6.07, 6.45) is 0.880. The molecule has 0 aliphatic carbocycles. The minimum atomic E-state index is -0.0785. The number of carbonyl (C=O) groups excluding carboxylic acids is 1. The minimum Gasteiger partial charge on any atom is -0.416 e. The fraction of sp³-hybridized carbons (Fsp3) is 0.400. The topological polar surface area (TPSA) is 68.0 Å². The molecular formula is C15H19N3O2S. The Balaban J connectivity index is 1.89. The summed E-state index contributed by atoms with van der Waals surface area (Å²) < 4.78 is 5.45. The molecule has 1 N–H and O–H groups in total. The highest BCUT2D eigenvalue weighted by Gasteiger charge is 2.12. The second-order valence-electron chi connectivity index (χ2n) is 4.91. The molecule has 112 valence electrons. The molecule has 0 saturated heterocycles. The first kappa shape index (κ1) is 15.6. The monoisotopic (exact) mass is 305 g/mol. The molecular weight excluding hydrogens is 286 g/mol. The van der Waals surface area contributed by atoms with Crippen molar-refractivity contribution in [2.45, 2.75) is 38.3 Å². The summed E-state index contributed by atoms with van der Waals surface area (Å²) in [5.41, 5.74) is 1.98. The Hall–Kier alpha value is -1.82. The summed E-state index contributed by atoms with van der Waals surface area (Å²) in [5.74, 6) is 0.953. The van der Waals surface area contributed by atoms with Gasteiger partial charge < -0.3 is 9.73 Å². The molecule has 0 unspecified atom stereocenters. The molecule has 1 amide bonds. The van der Waals surface area contributed by atoms with Crippen LogP contribution in [0.1, 0.15) is 38.1 Å². The third-order valence-corrected chi connectivity index (χ3v) is 3.73. The number of nitrogens with zero attached hydrogens (tertiary/aromatic N) is 2. The van der Waals surface area contributed by atoms with E-state index in [9.17, 15) is 4.79 Å². The van der Waals surface area contributed by atoms with Crippen LogP contribution in [0.2, 0.25) is 0 Å². The van der Waals surface area contributed by atoms with Crippen molar-refractivity contribution >= 4 is 23.4 Å². The predicted molar refractivity (Wildman–Crippen MR) is 83.6 cm³/mol. The Morgan fingerprint density at radius 3 is 2.76 bits per heavy atom. The molecule has 2 aromatic rings. The van der Waals surface area contributed by atoms with E-state index in [4.69, 9.17) is 4.42 Å². The molecule has 0 fully saturated rings. The fourth-order valence-corrected chi connectivity index (χ4v) is 2.35. The van der Waals surface area contributed by atoms with Crippen LogP contribution >= 0.6 is 11.8 Å². The number of aromatic nitrogens is 2. The number of rotatable bonds is 6. The van der Waals surface area contributed by atoms with Crippen LogP contribution in [0.25, 0.3) is 0 Å². The van der Waals surface area contributed by atoms with Gasteiger partial charge in [0.1, 0.15) is 0 Å². The van der Waals surface area contributed by atoms with Crippen molar-refractivity contribution in [1.82, 2.24) is 10.2 Å². The van der Waals surface area contributed by atoms with Crippen LogP contribution < -0.4 is 5.32 Å². The van der Waals surface area contributed by atoms with Crippen molar-refractivity contribution in [3.63, 3.8) is 0 Å². The smallest absolute Gasteiger partial charge is 0.277 e. The number of nitrogens with one attached hydrogen (secondary N) is 1. The first-order valence-corrected chi connectivity index (χ1v) is 7.92. The van der Waals surface area contributed by atoms with Crippen molar-refractivity contribution < 1.29 is 9.21 Å². The highest BCUT2D eigenvalue weighted by atomic mass is 32.2. The van der Waals surface area contributed by atoms with Crippen LogP contribution in [0.15, 0.2) is 33.9 Å². The van der Waals surface area contributed by atoms with E-state index >= 15 is 0 Å². The zero-order chi connectivity index (χ0) is 15.2. The number of amides is 1. The minimum absolute atomic E-state index is 0.0785. The lowest BCUT2D eigenvalue weighted by molar-refractivity contribution is -0.113. The Labute approximate surface area is 128 Å². The van der Waals surface area contributed by atoms with Gasteiger partial charge >= 0.3 is 0 Å². The van der Waals surface area contributed by atoms with Gasteiger partial charge in [0.05, 0.1) is 5.75 Å². The molecule has 0 aliphatic rings. The average molecular weight is 305 g/mol. The van der Waals surface area contributed by atoms with Crippen molar-refractivity contribution in [1.29, 1.82) is 0 Å². The molecule has 0 aliphatic heterocycles. The van der Waals surface area contributed by atoms with Gasteiger partial charge in [-0.2, -0.15) is 0 Å². The summed E-state index contributed by atoms with van der Waals surface area (Å²) in [6, 6.07) is 7.80. The lowest BCUT2D eigenvalue weighted by atomic mass is 10.1. The van der Waals surface area contributed by atoms with Gasteiger partial charge in [-0.15, -0.1) is 10.2 Å². The van der Waals surface area contributed by atoms with E-state index in [2.05, 4.69) is 22.4 Å².